The third-order valence-corrected chi connectivity index (χ3v) is 5.42. The lowest BCUT2D eigenvalue weighted by molar-refractivity contribution is -0.128. The SMILES string of the molecule is CCCc1sc(C(=O)N2CCCN(C(C)=O)CC2)cc1CC. The van der Waals surface area contributed by atoms with Gasteiger partial charge in [0.1, 0.15) is 0 Å². The summed E-state index contributed by atoms with van der Waals surface area (Å²) in [7, 11) is 0. The molecule has 1 fully saturated rings. The Morgan fingerprint density at radius 3 is 2.45 bits per heavy atom. The van der Waals surface area contributed by atoms with Crippen molar-refractivity contribution in [2.75, 3.05) is 26.2 Å². The Kier molecular flexibility index (Phi) is 6.00. The summed E-state index contributed by atoms with van der Waals surface area (Å²) in [6.07, 6.45) is 4.01. The van der Waals surface area contributed by atoms with Crippen molar-refractivity contribution in [3.05, 3.63) is 21.4 Å². The molecule has 1 aromatic heterocycles. The van der Waals surface area contributed by atoms with E-state index >= 15 is 0 Å². The monoisotopic (exact) mass is 322 g/mol. The zero-order chi connectivity index (χ0) is 16.1. The maximum absolute atomic E-state index is 12.7. The lowest BCUT2D eigenvalue weighted by Crippen LogP contribution is -2.36. The molecule has 0 saturated carbocycles. The highest BCUT2D eigenvalue weighted by atomic mass is 32.1. The van der Waals surface area contributed by atoms with Crippen molar-refractivity contribution >= 4 is 23.2 Å². The van der Waals surface area contributed by atoms with E-state index in [4.69, 9.17) is 0 Å². The molecule has 122 valence electrons. The standard InChI is InChI=1S/C17H26N2O2S/c1-4-7-15-14(5-2)12-16(22-15)17(21)19-9-6-8-18(10-11-19)13(3)20/h12H,4-11H2,1-3H3. The van der Waals surface area contributed by atoms with Crippen molar-refractivity contribution in [1.29, 1.82) is 0 Å². The summed E-state index contributed by atoms with van der Waals surface area (Å²) in [5.41, 5.74) is 1.32. The number of hydrogen-bond donors (Lipinski definition) is 0. The number of amides is 2. The molecule has 5 heteroatoms. The normalized spacial score (nSPS) is 15.8. The van der Waals surface area contributed by atoms with Crippen LogP contribution in [0.5, 0.6) is 0 Å². The Morgan fingerprint density at radius 1 is 1.14 bits per heavy atom. The zero-order valence-corrected chi connectivity index (χ0v) is 14.7. The smallest absolute Gasteiger partial charge is 0.263 e. The van der Waals surface area contributed by atoms with Crippen LogP contribution in [0.25, 0.3) is 0 Å². The fourth-order valence-corrected chi connectivity index (χ4v) is 4.22. The van der Waals surface area contributed by atoms with Crippen molar-refractivity contribution in [2.24, 2.45) is 0 Å². The predicted molar refractivity (Wildman–Crippen MR) is 90.5 cm³/mol. The first kappa shape index (κ1) is 17.0. The molecule has 0 radical (unpaired) electrons. The van der Waals surface area contributed by atoms with Crippen LogP contribution in [0.4, 0.5) is 0 Å². The molecular weight excluding hydrogens is 296 g/mol. The average Bonchev–Trinajstić information content (AvgIpc) is 2.74. The topological polar surface area (TPSA) is 40.6 Å². The van der Waals surface area contributed by atoms with Gasteiger partial charge in [0.15, 0.2) is 0 Å². The summed E-state index contributed by atoms with van der Waals surface area (Å²) in [5, 5.41) is 0. The number of nitrogens with zero attached hydrogens (tertiary/aromatic N) is 2. The van der Waals surface area contributed by atoms with Crippen LogP contribution in [0.1, 0.15) is 53.7 Å². The van der Waals surface area contributed by atoms with Gasteiger partial charge in [-0.05, 0) is 30.9 Å². The van der Waals surface area contributed by atoms with Crippen LogP contribution < -0.4 is 0 Å². The minimum atomic E-state index is 0.101. The zero-order valence-electron chi connectivity index (χ0n) is 13.9. The van der Waals surface area contributed by atoms with E-state index in [0.717, 1.165) is 43.6 Å². The van der Waals surface area contributed by atoms with Crippen LogP contribution >= 0.6 is 11.3 Å². The van der Waals surface area contributed by atoms with E-state index in [1.807, 2.05) is 9.80 Å². The van der Waals surface area contributed by atoms with Crippen molar-refractivity contribution in [1.82, 2.24) is 9.80 Å². The molecule has 1 aliphatic heterocycles. The first-order chi connectivity index (χ1) is 10.6. The van der Waals surface area contributed by atoms with Gasteiger partial charge in [0, 0.05) is 38.0 Å². The predicted octanol–water partition coefficient (Wildman–Crippen LogP) is 2.96. The Labute approximate surface area is 137 Å². The van der Waals surface area contributed by atoms with Gasteiger partial charge in [-0.25, -0.2) is 0 Å². The number of rotatable bonds is 4. The molecule has 0 aliphatic carbocycles. The van der Waals surface area contributed by atoms with E-state index in [2.05, 4.69) is 19.9 Å². The van der Waals surface area contributed by atoms with Gasteiger partial charge >= 0.3 is 0 Å². The van der Waals surface area contributed by atoms with E-state index in [0.29, 0.717) is 13.1 Å². The fourth-order valence-electron chi connectivity index (χ4n) is 2.90. The van der Waals surface area contributed by atoms with Crippen molar-refractivity contribution < 1.29 is 9.59 Å². The molecule has 0 aromatic carbocycles. The van der Waals surface area contributed by atoms with Gasteiger partial charge in [-0.3, -0.25) is 9.59 Å². The molecule has 22 heavy (non-hydrogen) atoms. The molecule has 1 aromatic rings. The average molecular weight is 322 g/mol. The van der Waals surface area contributed by atoms with Crippen LogP contribution in [0.3, 0.4) is 0 Å². The first-order valence-corrected chi connectivity index (χ1v) is 9.04. The minimum Gasteiger partial charge on any atom is -0.341 e. The van der Waals surface area contributed by atoms with Crippen molar-refractivity contribution in [3.8, 4) is 0 Å². The second kappa shape index (κ2) is 7.77. The van der Waals surface area contributed by atoms with Gasteiger partial charge in [-0.15, -0.1) is 11.3 Å². The Balaban J connectivity index is 2.09. The molecule has 1 saturated heterocycles. The summed E-state index contributed by atoms with van der Waals surface area (Å²) >= 11 is 1.65. The minimum absolute atomic E-state index is 0.101. The lowest BCUT2D eigenvalue weighted by atomic mass is 10.1. The quantitative estimate of drug-likeness (QED) is 0.855. The second-order valence-electron chi connectivity index (χ2n) is 5.81. The molecule has 2 heterocycles. The largest absolute Gasteiger partial charge is 0.341 e. The molecule has 0 spiro atoms. The summed E-state index contributed by atoms with van der Waals surface area (Å²) < 4.78 is 0. The number of aryl methyl sites for hydroxylation is 2. The third kappa shape index (κ3) is 3.88. The molecule has 2 rings (SSSR count). The van der Waals surface area contributed by atoms with E-state index in [-0.39, 0.29) is 11.8 Å². The van der Waals surface area contributed by atoms with Gasteiger partial charge < -0.3 is 9.80 Å². The van der Waals surface area contributed by atoms with E-state index in [9.17, 15) is 9.59 Å². The molecule has 2 amide bonds. The number of hydrogen-bond acceptors (Lipinski definition) is 3. The van der Waals surface area contributed by atoms with Crippen LogP contribution in [0, 0.1) is 0 Å². The summed E-state index contributed by atoms with van der Waals surface area (Å²) in [6.45, 7) is 8.70. The molecule has 0 bridgehead atoms. The maximum Gasteiger partial charge on any atom is 0.263 e. The number of thiophene rings is 1. The first-order valence-electron chi connectivity index (χ1n) is 8.23. The van der Waals surface area contributed by atoms with Gasteiger partial charge in [0.2, 0.25) is 5.91 Å². The van der Waals surface area contributed by atoms with Crippen LogP contribution in [-0.4, -0.2) is 47.8 Å². The number of carbonyl (C=O) groups is 2. The van der Waals surface area contributed by atoms with Crippen LogP contribution in [0.2, 0.25) is 0 Å². The molecule has 0 unspecified atom stereocenters. The Hall–Kier alpha value is -1.36. The highest BCUT2D eigenvalue weighted by Crippen LogP contribution is 2.26. The lowest BCUT2D eigenvalue weighted by Gasteiger charge is -2.20. The molecular formula is C17H26N2O2S. The maximum atomic E-state index is 12.7. The van der Waals surface area contributed by atoms with Crippen molar-refractivity contribution in [3.63, 3.8) is 0 Å². The molecule has 0 atom stereocenters. The molecule has 0 N–H and O–H groups in total. The summed E-state index contributed by atoms with van der Waals surface area (Å²) in [4.78, 5) is 30.2. The summed E-state index contributed by atoms with van der Waals surface area (Å²) in [5.74, 6) is 0.233. The number of carbonyl (C=O) groups excluding carboxylic acids is 2. The van der Waals surface area contributed by atoms with Gasteiger partial charge in [-0.2, -0.15) is 0 Å². The Morgan fingerprint density at radius 2 is 1.82 bits per heavy atom. The molecule has 1 aliphatic rings. The van der Waals surface area contributed by atoms with Gasteiger partial charge in [0.05, 0.1) is 4.88 Å². The van der Waals surface area contributed by atoms with E-state index < -0.39 is 0 Å². The second-order valence-corrected chi connectivity index (χ2v) is 6.95. The van der Waals surface area contributed by atoms with E-state index in [1.165, 1.54) is 10.4 Å². The van der Waals surface area contributed by atoms with Crippen LogP contribution in [0.15, 0.2) is 6.07 Å². The van der Waals surface area contributed by atoms with Crippen molar-refractivity contribution in [2.45, 2.75) is 46.5 Å². The third-order valence-electron chi connectivity index (χ3n) is 4.19. The van der Waals surface area contributed by atoms with E-state index in [1.54, 1.807) is 18.3 Å². The highest BCUT2D eigenvalue weighted by Gasteiger charge is 2.23. The van der Waals surface area contributed by atoms with Crippen LogP contribution in [-0.2, 0) is 17.6 Å². The van der Waals surface area contributed by atoms with Gasteiger partial charge in [0.25, 0.3) is 5.91 Å². The fraction of sp³-hybridized carbons (Fsp3) is 0.647. The Bertz CT molecular complexity index is 539. The molecule has 4 nitrogen and oxygen atoms in total. The van der Waals surface area contributed by atoms with Gasteiger partial charge in [-0.1, -0.05) is 20.3 Å². The highest BCUT2D eigenvalue weighted by molar-refractivity contribution is 7.14. The summed E-state index contributed by atoms with van der Waals surface area (Å²) in [6, 6.07) is 2.08.